The number of hydrogen-bond donors (Lipinski definition) is 3. The Balaban J connectivity index is 0.000000331. The lowest BCUT2D eigenvalue weighted by Crippen LogP contribution is -2.34. The summed E-state index contributed by atoms with van der Waals surface area (Å²) in [6, 6.07) is 9.55. The van der Waals surface area contributed by atoms with E-state index in [1.165, 1.54) is 12.1 Å². The van der Waals surface area contributed by atoms with Crippen molar-refractivity contribution in [3.05, 3.63) is 30.3 Å². The van der Waals surface area contributed by atoms with Crippen LogP contribution in [-0.4, -0.2) is 23.7 Å². The van der Waals surface area contributed by atoms with Crippen LogP contribution in [0, 0.1) is 5.92 Å². The summed E-state index contributed by atoms with van der Waals surface area (Å²) >= 11 is 0. The summed E-state index contributed by atoms with van der Waals surface area (Å²) in [5.41, 5.74) is 6.37. The number of nitrogens with one attached hydrogen (secondary N) is 1. The van der Waals surface area contributed by atoms with Crippen molar-refractivity contribution in [2.24, 2.45) is 11.7 Å². The fourth-order valence-corrected chi connectivity index (χ4v) is 1.11. The second-order valence-electron chi connectivity index (χ2n) is 4.40. The topological polar surface area (TPSA) is 75.4 Å². The van der Waals surface area contributed by atoms with Crippen LogP contribution in [0.1, 0.15) is 27.2 Å². The second kappa shape index (κ2) is 9.48. The zero-order valence-electron chi connectivity index (χ0n) is 11.4. The van der Waals surface area contributed by atoms with E-state index >= 15 is 0 Å². The fraction of sp³-hybridized carbons (Fsp3) is 0.500. The molecule has 0 fully saturated rings. The van der Waals surface area contributed by atoms with Crippen LogP contribution in [-0.2, 0) is 4.79 Å². The van der Waals surface area contributed by atoms with Crippen LogP contribution in [0.4, 0.5) is 5.69 Å². The quantitative estimate of drug-likeness (QED) is 0.753. The first kappa shape index (κ1) is 16.4. The van der Waals surface area contributed by atoms with Gasteiger partial charge < -0.3 is 16.2 Å². The third-order valence-corrected chi connectivity index (χ3v) is 2.36. The van der Waals surface area contributed by atoms with E-state index in [1.54, 1.807) is 13.8 Å². The molecule has 1 atom stereocenters. The van der Waals surface area contributed by atoms with Gasteiger partial charge in [-0.3, -0.25) is 4.79 Å². The number of carboxylic acids is 1. The van der Waals surface area contributed by atoms with Gasteiger partial charge in [0.1, 0.15) is 6.04 Å². The average molecular weight is 252 g/mol. The Bertz CT molecular complexity index is 326. The summed E-state index contributed by atoms with van der Waals surface area (Å²) in [5.74, 6) is -0.910. The van der Waals surface area contributed by atoms with E-state index in [0.29, 0.717) is 0 Å². The fourth-order valence-electron chi connectivity index (χ4n) is 1.11. The molecule has 0 spiro atoms. The van der Waals surface area contributed by atoms with Crippen LogP contribution in [0.5, 0.6) is 0 Å². The largest absolute Gasteiger partial charge is 0.480 e. The normalized spacial score (nSPS) is 11.4. The molecule has 18 heavy (non-hydrogen) atoms. The molecule has 0 radical (unpaired) electrons. The van der Waals surface area contributed by atoms with Gasteiger partial charge in [-0.2, -0.15) is 0 Å². The number of carboxylic acid groups (broad SMARTS) is 1. The van der Waals surface area contributed by atoms with Gasteiger partial charge in [0.05, 0.1) is 0 Å². The van der Waals surface area contributed by atoms with Crippen molar-refractivity contribution in [3.8, 4) is 0 Å². The van der Waals surface area contributed by atoms with Crippen molar-refractivity contribution in [2.45, 2.75) is 33.2 Å². The van der Waals surface area contributed by atoms with Gasteiger partial charge in [-0.05, 0) is 24.5 Å². The monoisotopic (exact) mass is 252 g/mol. The Kier molecular flexibility index (Phi) is 8.66. The molecule has 0 aromatic heterocycles. The van der Waals surface area contributed by atoms with Crippen molar-refractivity contribution < 1.29 is 9.90 Å². The summed E-state index contributed by atoms with van der Waals surface area (Å²) in [5, 5.41) is 11.5. The molecule has 4 N–H and O–H groups in total. The molecule has 1 rings (SSSR count). The zero-order chi connectivity index (χ0) is 14.0. The van der Waals surface area contributed by atoms with Crippen LogP contribution < -0.4 is 11.1 Å². The smallest absolute Gasteiger partial charge is 0.320 e. The molecule has 0 aliphatic rings. The number of benzene rings is 1. The van der Waals surface area contributed by atoms with E-state index in [0.717, 1.165) is 6.54 Å². The minimum atomic E-state index is -0.931. The maximum Gasteiger partial charge on any atom is 0.320 e. The van der Waals surface area contributed by atoms with Gasteiger partial charge in [0.2, 0.25) is 0 Å². The number of hydrogen-bond acceptors (Lipinski definition) is 3. The van der Waals surface area contributed by atoms with Crippen LogP contribution >= 0.6 is 0 Å². The first-order valence-corrected chi connectivity index (χ1v) is 6.26. The maximum absolute atomic E-state index is 10.0. The van der Waals surface area contributed by atoms with Crippen molar-refractivity contribution in [2.75, 3.05) is 11.9 Å². The lowest BCUT2D eigenvalue weighted by molar-refractivity contribution is -0.139. The molecule has 0 bridgehead atoms. The summed E-state index contributed by atoms with van der Waals surface area (Å²) in [6.45, 7) is 6.78. The third-order valence-electron chi connectivity index (χ3n) is 2.36. The van der Waals surface area contributed by atoms with Gasteiger partial charge in [0, 0.05) is 12.2 Å². The average Bonchev–Trinajstić information content (AvgIpc) is 2.37. The van der Waals surface area contributed by atoms with Crippen molar-refractivity contribution in [1.82, 2.24) is 0 Å². The lowest BCUT2D eigenvalue weighted by Gasteiger charge is -2.07. The highest BCUT2D eigenvalue weighted by molar-refractivity contribution is 5.73. The van der Waals surface area contributed by atoms with Crippen LogP contribution in [0.3, 0.4) is 0 Å². The second-order valence-corrected chi connectivity index (χ2v) is 4.40. The molecule has 0 saturated heterocycles. The highest BCUT2D eigenvalue weighted by atomic mass is 16.4. The summed E-state index contributed by atoms with van der Waals surface area (Å²) in [6.07, 6.45) is 1.18. The van der Waals surface area contributed by atoms with Crippen molar-refractivity contribution >= 4 is 11.7 Å². The van der Waals surface area contributed by atoms with Crippen molar-refractivity contribution in [3.63, 3.8) is 0 Å². The van der Waals surface area contributed by atoms with Crippen LogP contribution in [0.15, 0.2) is 30.3 Å². The highest BCUT2D eigenvalue weighted by Crippen LogP contribution is 2.03. The molecule has 0 unspecified atom stereocenters. The van der Waals surface area contributed by atoms with Crippen LogP contribution in [0.25, 0.3) is 0 Å². The van der Waals surface area contributed by atoms with E-state index in [1.807, 2.05) is 18.2 Å². The molecule has 4 nitrogen and oxygen atoms in total. The Morgan fingerprint density at radius 1 is 1.33 bits per heavy atom. The van der Waals surface area contributed by atoms with Crippen molar-refractivity contribution in [1.29, 1.82) is 0 Å². The summed E-state index contributed by atoms with van der Waals surface area (Å²) < 4.78 is 0. The van der Waals surface area contributed by atoms with E-state index in [2.05, 4.69) is 24.4 Å². The Morgan fingerprint density at radius 3 is 2.22 bits per heavy atom. The molecule has 0 amide bonds. The van der Waals surface area contributed by atoms with Gasteiger partial charge >= 0.3 is 5.97 Å². The van der Waals surface area contributed by atoms with E-state index in [-0.39, 0.29) is 5.92 Å². The molecule has 0 aliphatic carbocycles. The Morgan fingerprint density at radius 2 is 1.89 bits per heavy atom. The number of aliphatic carboxylic acids is 1. The van der Waals surface area contributed by atoms with E-state index in [4.69, 9.17) is 10.8 Å². The molecule has 0 aliphatic heterocycles. The maximum atomic E-state index is 10.0. The number of rotatable bonds is 5. The van der Waals surface area contributed by atoms with Crippen LogP contribution in [0.2, 0.25) is 0 Å². The number of anilines is 1. The van der Waals surface area contributed by atoms with E-state index < -0.39 is 12.0 Å². The first-order chi connectivity index (χ1) is 8.49. The molecule has 1 aromatic carbocycles. The third kappa shape index (κ3) is 7.68. The molecule has 0 saturated carbocycles. The van der Waals surface area contributed by atoms with Gasteiger partial charge in [-0.25, -0.2) is 0 Å². The molecular formula is C14H24N2O2. The Hall–Kier alpha value is -1.55. The van der Waals surface area contributed by atoms with E-state index in [9.17, 15) is 4.79 Å². The zero-order valence-corrected chi connectivity index (χ0v) is 11.4. The Labute approximate surface area is 109 Å². The summed E-state index contributed by atoms with van der Waals surface area (Å²) in [4.78, 5) is 10.0. The number of nitrogens with two attached hydrogens (primary N) is 1. The molecule has 0 heterocycles. The standard InChI is InChI=1S/C9H13N.C5H11NO2/c1-2-8-10-9-6-4-3-5-7-9;1-3(2)4(6)5(7)8/h3-7,10H,2,8H2,1H3;3-4H,6H2,1-2H3,(H,7,8)/t;4-/m.0/s1. The first-order valence-electron chi connectivity index (χ1n) is 6.26. The van der Waals surface area contributed by atoms with Gasteiger partial charge in [-0.1, -0.05) is 39.0 Å². The molecule has 1 aromatic rings. The molecule has 4 heteroatoms. The summed E-state index contributed by atoms with van der Waals surface area (Å²) in [7, 11) is 0. The molecular weight excluding hydrogens is 228 g/mol. The SMILES string of the molecule is CC(C)[C@H](N)C(=O)O.CCCNc1ccccc1. The number of para-hydroxylation sites is 1. The minimum absolute atomic E-state index is 0.0208. The number of carbonyl (C=O) groups is 1. The predicted molar refractivity (Wildman–Crippen MR) is 75.7 cm³/mol. The molecule has 102 valence electrons. The lowest BCUT2D eigenvalue weighted by atomic mass is 10.1. The predicted octanol–water partition coefficient (Wildman–Crippen LogP) is 2.56. The van der Waals surface area contributed by atoms with Gasteiger partial charge in [0.15, 0.2) is 0 Å². The van der Waals surface area contributed by atoms with Gasteiger partial charge in [-0.15, -0.1) is 0 Å². The minimum Gasteiger partial charge on any atom is -0.480 e. The highest BCUT2D eigenvalue weighted by Gasteiger charge is 2.14. The van der Waals surface area contributed by atoms with Gasteiger partial charge in [0.25, 0.3) is 0 Å².